The minimum Gasteiger partial charge on any atom is -0.391 e. The van der Waals surface area contributed by atoms with Crippen LogP contribution in [-0.4, -0.2) is 35.1 Å². The van der Waals surface area contributed by atoms with Gasteiger partial charge >= 0.3 is 0 Å². The molecule has 98 valence electrons. The summed E-state index contributed by atoms with van der Waals surface area (Å²) < 4.78 is 0. The Bertz CT molecular complexity index is 459. The van der Waals surface area contributed by atoms with Crippen molar-refractivity contribution in [3.63, 3.8) is 0 Å². The number of carbonyl (C=O) groups is 1. The Morgan fingerprint density at radius 3 is 2.72 bits per heavy atom. The zero-order chi connectivity index (χ0) is 13.3. The molecule has 1 N–H and O–H groups in total. The summed E-state index contributed by atoms with van der Waals surface area (Å²) in [6, 6.07) is 5.64. The Morgan fingerprint density at radius 2 is 2.22 bits per heavy atom. The van der Waals surface area contributed by atoms with E-state index in [1.54, 1.807) is 4.90 Å². The zero-order valence-electron chi connectivity index (χ0n) is 10.8. The van der Waals surface area contributed by atoms with Crippen LogP contribution in [-0.2, 0) is 0 Å². The van der Waals surface area contributed by atoms with Crippen LogP contribution < -0.4 is 0 Å². The number of carbonyl (C=O) groups excluding carboxylic acids is 1. The predicted octanol–water partition coefficient (Wildman–Crippen LogP) is 2.31. The Balaban J connectivity index is 2.19. The SMILES string of the molecule is CC(C)c1ccc(C(=O)N2CC[C@H](O)C2)cc1S. The normalized spacial score (nSPS) is 19.6. The average Bonchev–Trinajstić information content (AvgIpc) is 2.74. The molecule has 18 heavy (non-hydrogen) atoms. The van der Waals surface area contributed by atoms with Gasteiger partial charge in [0.05, 0.1) is 6.10 Å². The van der Waals surface area contributed by atoms with Crippen LogP contribution in [0.25, 0.3) is 0 Å². The molecule has 1 aliphatic heterocycles. The minimum atomic E-state index is -0.376. The Labute approximate surface area is 113 Å². The zero-order valence-corrected chi connectivity index (χ0v) is 11.7. The van der Waals surface area contributed by atoms with Crippen molar-refractivity contribution in [2.75, 3.05) is 13.1 Å². The van der Waals surface area contributed by atoms with Crippen molar-refractivity contribution < 1.29 is 9.90 Å². The molecule has 1 aliphatic rings. The molecule has 0 radical (unpaired) electrons. The molecule has 1 heterocycles. The Kier molecular flexibility index (Phi) is 3.97. The van der Waals surface area contributed by atoms with Crippen molar-refractivity contribution in [2.45, 2.75) is 37.2 Å². The Morgan fingerprint density at radius 1 is 1.50 bits per heavy atom. The number of aliphatic hydroxyl groups excluding tert-OH is 1. The molecule has 0 aliphatic carbocycles. The summed E-state index contributed by atoms with van der Waals surface area (Å²) >= 11 is 4.44. The Hall–Kier alpha value is -1.00. The van der Waals surface area contributed by atoms with Gasteiger partial charge in [-0.3, -0.25) is 4.79 Å². The highest BCUT2D eigenvalue weighted by molar-refractivity contribution is 7.80. The summed E-state index contributed by atoms with van der Waals surface area (Å²) in [5.41, 5.74) is 1.80. The topological polar surface area (TPSA) is 40.5 Å². The predicted molar refractivity (Wildman–Crippen MR) is 74.3 cm³/mol. The third kappa shape index (κ3) is 2.70. The number of hydrogen-bond donors (Lipinski definition) is 2. The second-order valence-corrected chi connectivity index (χ2v) is 5.60. The van der Waals surface area contributed by atoms with Crippen molar-refractivity contribution in [1.82, 2.24) is 4.90 Å². The first-order valence-electron chi connectivity index (χ1n) is 6.29. The number of amides is 1. The van der Waals surface area contributed by atoms with Crippen LogP contribution in [0.3, 0.4) is 0 Å². The lowest BCUT2D eigenvalue weighted by atomic mass is 10.0. The lowest BCUT2D eigenvalue weighted by molar-refractivity contribution is 0.0764. The van der Waals surface area contributed by atoms with E-state index in [1.807, 2.05) is 18.2 Å². The van der Waals surface area contributed by atoms with Crippen molar-refractivity contribution >= 4 is 18.5 Å². The fourth-order valence-electron chi connectivity index (χ4n) is 2.27. The van der Waals surface area contributed by atoms with Gasteiger partial charge in [0.15, 0.2) is 0 Å². The number of β-amino-alcohol motifs (C(OH)–C–C–N with tert-alkyl or cyclic N) is 1. The summed E-state index contributed by atoms with van der Waals surface area (Å²) in [5, 5.41) is 9.46. The van der Waals surface area contributed by atoms with Crippen molar-refractivity contribution in [2.24, 2.45) is 0 Å². The fourth-order valence-corrected chi connectivity index (χ4v) is 2.75. The van der Waals surface area contributed by atoms with E-state index in [2.05, 4.69) is 26.5 Å². The van der Waals surface area contributed by atoms with Gasteiger partial charge in [0, 0.05) is 23.5 Å². The molecule has 2 rings (SSSR count). The molecule has 4 heteroatoms. The molecule has 0 aromatic heterocycles. The molecular formula is C14H19NO2S. The van der Waals surface area contributed by atoms with Gasteiger partial charge in [0.1, 0.15) is 0 Å². The third-order valence-corrected chi connectivity index (χ3v) is 3.74. The maximum Gasteiger partial charge on any atom is 0.253 e. The van der Waals surface area contributed by atoms with Gasteiger partial charge in [-0.1, -0.05) is 19.9 Å². The molecule has 0 bridgehead atoms. The van der Waals surface area contributed by atoms with Gasteiger partial charge in [0.25, 0.3) is 5.91 Å². The van der Waals surface area contributed by atoms with Gasteiger partial charge in [0.2, 0.25) is 0 Å². The van der Waals surface area contributed by atoms with Crippen LogP contribution in [0.5, 0.6) is 0 Å². The van der Waals surface area contributed by atoms with E-state index >= 15 is 0 Å². The number of thiol groups is 1. The monoisotopic (exact) mass is 265 g/mol. The fraction of sp³-hybridized carbons (Fsp3) is 0.500. The lowest BCUT2D eigenvalue weighted by Gasteiger charge is -2.17. The summed E-state index contributed by atoms with van der Waals surface area (Å²) in [4.78, 5) is 14.8. The van der Waals surface area contributed by atoms with Crippen LogP contribution in [0.4, 0.5) is 0 Å². The van der Waals surface area contributed by atoms with E-state index in [1.165, 1.54) is 0 Å². The maximum absolute atomic E-state index is 12.2. The third-order valence-electron chi connectivity index (χ3n) is 3.35. The van der Waals surface area contributed by atoms with E-state index in [9.17, 15) is 9.90 Å². The molecular weight excluding hydrogens is 246 g/mol. The lowest BCUT2D eigenvalue weighted by Crippen LogP contribution is -2.29. The molecule has 1 aromatic carbocycles. The molecule has 3 nitrogen and oxygen atoms in total. The molecule has 0 saturated carbocycles. The number of aliphatic hydroxyl groups is 1. The largest absolute Gasteiger partial charge is 0.391 e. The summed E-state index contributed by atoms with van der Waals surface area (Å²) in [6.45, 7) is 5.28. The number of hydrogen-bond acceptors (Lipinski definition) is 3. The van der Waals surface area contributed by atoms with E-state index in [0.717, 1.165) is 10.5 Å². The molecule has 1 aromatic rings. The summed E-state index contributed by atoms with van der Waals surface area (Å²) in [6.07, 6.45) is 0.295. The average molecular weight is 265 g/mol. The first kappa shape index (κ1) is 13.4. The quantitative estimate of drug-likeness (QED) is 0.806. The van der Waals surface area contributed by atoms with Crippen LogP contribution in [0, 0.1) is 0 Å². The molecule has 1 fully saturated rings. The second kappa shape index (κ2) is 5.33. The minimum absolute atomic E-state index is 0.0165. The van der Waals surface area contributed by atoms with Gasteiger partial charge in [-0.15, -0.1) is 12.6 Å². The number of likely N-dealkylation sites (tertiary alicyclic amines) is 1. The summed E-state index contributed by atoms with van der Waals surface area (Å²) in [7, 11) is 0. The summed E-state index contributed by atoms with van der Waals surface area (Å²) in [5.74, 6) is 0.382. The van der Waals surface area contributed by atoms with E-state index < -0.39 is 0 Å². The molecule has 1 amide bonds. The number of benzene rings is 1. The van der Waals surface area contributed by atoms with Gasteiger partial charge in [-0.05, 0) is 30.0 Å². The second-order valence-electron chi connectivity index (χ2n) is 5.12. The molecule has 1 atom stereocenters. The highest BCUT2D eigenvalue weighted by atomic mass is 32.1. The van der Waals surface area contributed by atoms with Crippen molar-refractivity contribution in [3.8, 4) is 0 Å². The number of nitrogens with zero attached hydrogens (tertiary/aromatic N) is 1. The van der Waals surface area contributed by atoms with Crippen LogP contribution >= 0.6 is 12.6 Å². The van der Waals surface area contributed by atoms with Crippen LogP contribution in [0.1, 0.15) is 42.1 Å². The standard InChI is InChI=1S/C14H19NO2S/c1-9(2)12-4-3-10(7-13(12)18)14(17)15-6-5-11(16)8-15/h3-4,7,9,11,16,18H,5-6,8H2,1-2H3/t11-/m0/s1. The van der Waals surface area contributed by atoms with Crippen LogP contribution in [0.15, 0.2) is 23.1 Å². The van der Waals surface area contributed by atoms with Gasteiger partial charge in [-0.25, -0.2) is 0 Å². The highest BCUT2D eigenvalue weighted by Gasteiger charge is 2.25. The van der Waals surface area contributed by atoms with Crippen molar-refractivity contribution in [1.29, 1.82) is 0 Å². The van der Waals surface area contributed by atoms with E-state index in [0.29, 0.717) is 31.0 Å². The smallest absolute Gasteiger partial charge is 0.253 e. The van der Waals surface area contributed by atoms with E-state index in [4.69, 9.17) is 0 Å². The van der Waals surface area contributed by atoms with Gasteiger partial charge in [-0.2, -0.15) is 0 Å². The maximum atomic E-state index is 12.2. The molecule has 0 spiro atoms. The number of rotatable bonds is 2. The van der Waals surface area contributed by atoms with Crippen molar-refractivity contribution in [3.05, 3.63) is 29.3 Å². The first-order chi connectivity index (χ1) is 8.49. The van der Waals surface area contributed by atoms with Gasteiger partial charge < -0.3 is 10.0 Å². The highest BCUT2D eigenvalue weighted by Crippen LogP contribution is 2.24. The molecule has 1 saturated heterocycles. The van der Waals surface area contributed by atoms with E-state index in [-0.39, 0.29) is 12.0 Å². The molecule has 0 unspecified atom stereocenters. The first-order valence-corrected chi connectivity index (χ1v) is 6.74. The van der Waals surface area contributed by atoms with Crippen LogP contribution in [0.2, 0.25) is 0 Å².